The van der Waals surface area contributed by atoms with Crippen molar-refractivity contribution in [3.05, 3.63) is 41.0 Å². The lowest BCUT2D eigenvalue weighted by molar-refractivity contribution is 0.622. The van der Waals surface area contributed by atoms with E-state index in [0.29, 0.717) is 11.8 Å². The molecule has 4 rings (SSSR count). The van der Waals surface area contributed by atoms with Crippen LogP contribution in [-0.4, -0.2) is 15.0 Å². The highest BCUT2D eigenvalue weighted by Gasteiger charge is 2.11. The average molecular weight is 303 g/mol. The van der Waals surface area contributed by atoms with Gasteiger partial charge in [-0.05, 0) is 35.2 Å². The highest BCUT2D eigenvalue weighted by Crippen LogP contribution is 2.30. The van der Waals surface area contributed by atoms with Gasteiger partial charge in [-0.25, -0.2) is 4.98 Å². The van der Waals surface area contributed by atoms with Crippen LogP contribution in [-0.2, 0) is 0 Å². The van der Waals surface area contributed by atoms with Crippen molar-refractivity contribution in [1.29, 1.82) is 0 Å². The van der Waals surface area contributed by atoms with E-state index in [0.717, 1.165) is 21.3 Å². The Morgan fingerprint density at radius 1 is 1.05 bits per heavy atom. The standard InChI is InChI=1S/C13H7ClN4OS/c14-12-15-8-5-6-20-10(8)11(17-12)18-13-16-7-3-1-2-4-9(7)19-13/h1-6H,(H,15,16,17,18). The summed E-state index contributed by atoms with van der Waals surface area (Å²) in [6.45, 7) is 0. The van der Waals surface area contributed by atoms with E-state index in [2.05, 4.69) is 20.3 Å². The summed E-state index contributed by atoms with van der Waals surface area (Å²) in [6, 6.07) is 9.84. The van der Waals surface area contributed by atoms with Gasteiger partial charge in [0.05, 0.1) is 10.2 Å². The molecule has 4 aromatic rings. The summed E-state index contributed by atoms with van der Waals surface area (Å²) in [5.74, 6) is 0.599. The molecule has 0 spiro atoms. The van der Waals surface area contributed by atoms with Crippen molar-refractivity contribution in [3.63, 3.8) is 0 Å². The van der Waals surface area contributed by atoms with E-state index in [-0.39, 0.29) is 5.28 Å². The van der Waals surface area contributed by atoms with Gasteiger partial charge in [-0.1, -0.05) is 12.1 Å². The second-order valence-corrected chi connectivity index (χ2v) is 5.34. The molecule has 20 heavy (non-hydrogen) atoms. The number of anilines is 2. The molecule has 98 valence electrons. The molecule has 0 radical (unpaired) electrons. The number of para-hydroxylation sites is 2. The van der Waals surface area contributed by atoms with Crippen LogP contribution in [0.2, 0.25) is 5.28 Å². The SMILES string of the molecule is Clc1nc(Nc2nc3ccccc3o2)c2sccc2n1. The lowest BCUT2D eigenvalue weighted by Gasteiger charge is -2.02. The Kier molecular flexibility index (Phi) is 2.58. The summed E-state index contributed by atoms with van der Waals surface area (Å²) in [7, 11) is 0. The Labute approximate surface area is 122 Å². The van der Waals surface area contributed by atoms with E-state index >= 15 is 0 Å². The van der Waals surface area contributed by atoms with Crippen LogP contribution in [0.5, 0.6) is 0 Å². The van der Waals surface area contributed by atoms with Gasteiger partial charge in [0.1, 0.15) is 5.52 Å². The van der Waals surface area contributed by atoms with Gasteiger partial charge in [-0.15, -0.1) is 11.3 Å². The fourth-order valence-electron chi connectivity index (χ4n) is 1.95. The summed E-state index contributed by atoms with van der Waals surface area (Å²) in [4.78, 5) is 12.7. The van der Waals surface area contributed by atoms with E-state index < -0.39 is 0 Å². The number of oxazole rings is 1. The molecule has 0 atom stereocenters. The van der Waals surface area contributed by atoms with Crippen LogP contribution in [0.3, 0.4) is 0 Å². The zero-order valence-electron chi connectivity index (χ0n) is 10.0. The zero-order valence-corrected chi connectivity index (χ0v) is 11.6. The van der Waals surface area contributed by atoms with Gasteiger partial charge in [0.2, 0.25) is 5.28 Å². The molecular formula is C13H7ClN4OS. The quantitative estimate of drug-likeness (QED) is 0.561. The molecule has 0 bridgehead atoms. The summed E-state index contributed by atoms with van der Waals surface area (Å²) < 4.78 is 6.53. The van der Waals surface area contributed by atoms with Gasteiger partial charge in [-0.2, -0.15) is 9.97 Å². The first kappa shape index (κ1) is 11.6. The molecule has 0 aliphatic heterocycles. The Hall–Kier alpha value is -2.18. The number of nitrogens with one attached hydrogen (secondary N) is 1. The Bertz CT molecular complexity index is 884. The van der Waals surface area contributed by atoms with Crippen molar-refractivity contribution >= 4 is 56.1 Å². The number of hydrogen-bond donors (Lipinski definition) is 1. The van der Waals surface area contributed by atoms with Gasteiger partial charge in [-0.3, -0.25) is 5.32 Å². The molecule has 0 aliphatic carbocycles. The minimum atomic E-state index is 0.189. The number of halogens is 1. The van der Waals surface area contributed by atoms with E-state index in [1.54, 1.807) is 0 Å². The number of rotatable bonds is 2. The largest absolute Gasteiger partial charge is 0.423 e. The number of aromatic nitrogens is 3. The van der Waals surface area contributed by atoms with Gasteiger partial charge < -0.3 is 4.42 Å². The van der Waals surface area contributed by atoms with Crippen LogP contribution >= 0.6 is 22.9 Å². The Morgan fingerprint density at radius 3 is 2.85 bits per heavy atom. The van der Waals surface area contributed by atoms with Crippen LogP contribution in [0, 0.1) is 0 Å². The summed E-state index contributed by atoms with van der Waals surface area (Å²) >= 11 is 7.45. The molecule has 1 aromatic carbocycles. The molecule has 0 amide bonds. The van der Waals surface area contributed by atoms with Crippen molar-refractivity contribution < 1.29 is 4.42 Å². The molecule has 3 heterocycles. The minimum absolute atomic E-state index is 0.189. The fraction of sp³-hybridized carbons (Fsp3) is 0. The molecule has 0 saturated heterocycles. The van der Waals surface area contributed by atoms with Crippen LogP contribution < -0.4 is 5.32 Å². The molecule has 3 aromatic heterocycles. The van der Waals surface area contributed by atoms with Gasteiger partial charge in [0.15, 0.2) is 11.4 Å². The third kappa shape index (κ3) is 1.90. The minimum Gasteiger partial charge on any atom is -0.423 e. The number of hydrogen-bond acceptors (Lipinski definition) is 6. The molecular weight excluding hydrogens is 296 g/mol. The second kappa shape index (κ2) is 4.43. The predicted octanol–water partition coefficient (Wildman–Crippen LogP) is 4.23. The number of benzene rings is 1. The summed E-state index contributed by atoms with van der Waals surface area (Å²) in [5, 5.41) is 5.19. The summed E-state index contributed by atoms with van der Waals surface area (Å²) in [6.07, 6.45) is 0. The summed E-state index contributed by atoms with van der Waals surface area (Å²) in [5.41, 5.74) is 2.31. The number of fused-ring (bicyclic) bond motifs is 2. The van der Waals surface area contributed by atoms with Crippen LogP contribution in [0.25, 0.3) is 21.3 Å². The van der Waals surface area contributed by atoms with Crippen molar-refractivity contribution in [2.75, 3.05) is 5.32 Å². The first-order valence-corrected chi connectivity index (χ1v) is 7.09. The lowest BCUT2D eigenvalue weighted by Crippen LogP contribution is -1.95. The first-order chi connectivity index (χ1) is 9.79. The van der Waals surface area contributed by atoms with E-state index in [1.807, 2.05) is 35.7 Å². The first-order valence-electron chi connectivity index (χ1n) is 5.83. The normalized spacial score (nSPS) is 11.2. The van der Waals surface area contributed by atoms with Gasteiger partial charge in [0, 0.05) is 0 Å². The molecule has 0 saturated carbocycles. The zero-order chi connectivity index (χ0) is 13.5. The van der Waals surface area contributed by atoms with E-state index in [4.69, 9.17) is 16.0 Å². The molecule has 0 aliphatic rings. The Morgan fingerprint density at radius 2 is 1.95 bits per heavy atom. The van der Waals surface area contributed by atoms with Crippen LogP contribution in [0.4, 0.5) is 11.8 Å². The molecule has 1 N–H and O–H groups in total. The molecule has 0 fully saturated rings. The fourth-order valence-corrected chi connectivity index (χ4v) is 2.90. The van der Waals surface area contributed by atoms with Crippen molar-refractivity contribution in [3.8, 4) is 0 Å². The molecule has 7 heteroatoms. The molecule has 0 unspecified atom stereocenters. The monoisotopic (exact) mass is 302 g/mol. The highest BCUT2D eigenvalue weighted by molar-refractivity contribution is 7.17. The predicted molar refractivity (Wildman–Crippen MR) is 79.7 cm³/mol. The maximum Gasteiger partial charge on any atom is 0.301 e. The average Bonchev–Trinajstić information content (AvgIpc) is 3.03. The van der Waals surface area contributed by atoms with Crippen molar-refractivity contribution in [2.45, 2.75) is 0 Å². The third-order valence-corrected chi connectivity index (χ3v) is 3.87. The topological polar surface area (TPSA) is 63.8 Å². The lowest BCUT2D eigenvalue weighted by atomic mass is 10.3. The van der Waals surface area contributed by atoms with Crippen molar-refractivity contribution in [2.24, 2.45) is 0 Å². The van der Waals surface area contributed by atoms with E-state index in [1.165, 1.54) is 11.3 Å². The maximum atomic E-state index is 5.92. The van der Waals surface area contributed by atoms with Crippen LogP contribution in [0.1, 0.15) is 0 Å². The van der Waals surface area contributed by atoms with Crippen LogP contribution in [0.15, 0.2) is 40.1 Å². The second-order valence-electron chi connectivity index (χ2n) is 4.09. The van der Waals surface area contributed by atoms with Crippen molar-refractivity contribution in [1.82, 2.24) is 15.0 Å². The number of nitrogens with zero attached hydrogens (tertiary/aromatic N) is 3. The maximum absolute atomic E-state index is 5.92. The molecule has 5 nitrogen and oxygen atoms in total. The van der Waals surface area contributed by atoms with Gasteiger partial charge >= 0.3 is 6.01 Å². The van der Waals surface area contributed by atoms with E-state index in [9.17, 15) is 0 Å². The third-order valence-electron chi connectivity index (χ3n) is 2.80. The highest BCUT2D eigenvalue weighted by atomic mass is 35.5. The smallest absolute Gasteiger partial charge is 0.301 e. The Balaban J connectivity index is 1.81. The van der Waals surface area contributed by atoms with Gasteiger partial charge in [0.25, 0.3) is 0 Å². The number of thiophene rings is 1.